The number of nitrogens with zero attached hydrogens (tertiary/aromatic N) is 1. The quantitative estimate of drug-likeness (QED) is 0.402. The summed E-state index contributed by atoms with van der Waals surface area (Å²) in [5.74, 6) is 0. The van der Waals surface area contributed by atoms with Gasteiger partial charge < -0.3 is 20.6 Å². The van der Waals surface area contributed by atoms with Crippen molar-refractivity contribution in [3.63, 3.8) is 0 Å². The Labute approximate surface area is 99.9 Å². The Kier molecular flexibility index (Phi) is 5.11. The molecule has 1 rings (SSSR count). The van der Waals surface area contributed by atoms with E-state index in [9.17, 15) is 9.59 Å². The normalized spacial score (nSPS) is 11.1. The first-order valence-corrected chi connectivity index (χ1v) is 5.64. The Morgan fingerprint density at radius 3 is 2.06 bits per heavy atom. The summed E-state index contributed by atoms with van der Waals surface area (Å²) < 4.78 is 0. The molecule has 6 heteroatoms. The van der Waals surface area contributed by atoms with Crippen LogP contribution in [0.4, 0.5) is 11.4 Å². The Bertz CT molecular complexity index is 422. The van der Waals surface area contributed by atoms with Gasteiger partial charge in [-0.15, -0.1) is 0 Å². The highest BCUT2D eigenvalue weighted by molar-refractivity contribution is 5.73. The first kappa shape index (κ1) is 13.7. The molecule has 1 aromatic rings. The van der Waals surface area contributed by atoms with E-state index in [1.807, 2.05) is 14.1 Å². The number of hydrogen-bond acceptors (Lipinski definition) is 6. The molecular weight excluding hydrogens is 222 g/mol. The lowest BCUT2D eigenvalue weighted by molar-refractivity contribution is 0.311. The zero-order chi connectivity index (χ0) is 12.8. The molecule has 0 atom stereocenters. The molecule has 0 aromatic heterocycles. The molecule has 0 saturated heterocycles. The Hall–Kier alpha value is -1.40. The molecule has 0 bridgehead atoms. The van der Waals surface area contributed by atoms with Gasteiger partial charge in [-0.3, -0.25) is 9.59 Å². The molecule has 0 spiro atoms. The van der Waals surface area contributed by atoms with Gasteiger partial charge in [0.25, 0.3) is 10.9 Å². The molecule has 0 aliphatic carbocycles. The molecule has 0 radical (unpaired) electrons. The van der Waals surface area contributed by atoms with Crippen LogP contribution in [0.25, 0.3) is 0 Å². The van der Waals surface area contributed by atoms with Crippen LogP contribution in [0.15, 0.2) is 9.59 Å². The predicted molar refractivity (Wildman–Crippen MR) is 68.6 cm³/mol. The van der Waals surface area contributed by atoms with Crippen molar-refractivity contribution in [1.82, 2.24) is 4.90 Å². The van der Waals surface area contributed by atoms with Crippen LogP contribution in [-0.2, 0) is 0 Å². The van der Waals surface area contributed by atoms with Gasteiger partial charge in [-0.2, -0.15) is 0 Å². The lowest BCUT2D eigenvalue weighted by atomic mass is 10.2. The van der Waals surface area contributed by atoms with E-state index in [4.69, 9.17) is 5.11 Å². The first-order valence-electron chi connectivity index (χ1n) is 5.64. The largest absolute Gasteiger partial charge is 0.395 e. The second-order valence-electron chi connectivity index (χ2n) is 4.14. The molecule has 0 amide bonds. The molecule has 0 unspecified atom stereocenters. The standard InChI is InChI=1S/C11H19N3O3/c1-14(2)6-3-4-12-8-9(13-5-7-15)11(17)10(8)16/h12-13,15H,3-7H2,1-2H3. The van der Waals surface area contributed by atoms with Crippen LogP contribution in [0.1, 0.15) is 6.42 Å². The van der Waals surface area contributed by atoms with Crippen LogP contribution in [0.2, 0.25) is 0 Å². The molecule has 0 fully saturated rings. The van der Waals surface area contributed by atoms with Crippen molar-refractivity contribution >= 4 is 11.4 Å². The minimum absolute atomic E-state index is 0.0706. The van der Waals surface area contributed by atoms with Crippen molar-refractivity contribution in [2.24, 2.45) is 0 Å². The molecule has 0 heterocycles. The Morgan fingerprint density at radius 1 is 1.06 bits per heavy atom. The third-order valence-corrected chi connectivity index (χ3v) is 2.41. The summed E-state index contributed by atoms with van der Waals surface area (Å²) in [6, 6.07) is 0. The van der Waals surface area contributed by atoms with Crippen molar-refractivity contribution < 1.29 is 5.11 Å². The molecule has 17 heavy (non-hydrogen) atoms. The van der Waals surface area contributed by atoms with Gasteiger partial charge in [-0.1, -0.05) is 0 Å². The highest BCUT2D eigenvalue weighted by Gasteiger charge is 2.19. The van der Waals surface area contributed by atoms with E-state index >= 15 is 0 Å². The third-order valence-electron chi connectivity index (χ3n) is 2.41. The van der Waals surface area contributed by atoms with E-state index < -0.39 is 10.9 Å². The van der Waals surface area contributed by atoms with Crippen LogP contribution in [0, 0.1) is 0 Å². The molecule has 3 N–H and O–H groups in total. The molecule has 0 saturated carbocycles. The van der Waals surface area contributed by atoms with Crippen molar-refractivity contribution in [3.8, 4) is 0 Å². The smallest absolute Gasteiger partial charge is 0.253 e. The molecule has 1 aromatic carbocycles. The minimum atomic E-state index is -0.506. The fourth-order valence-corrected chi connectivity index (χ4v) is 1.52. The SMILES string of the molecule is CN(C)CCCNc1c(NCCO)c(=O)c1=O. The average Bonchev–Trinajstić information content (AvgIpc) is 2.30. The van der Waals surface area contributed by atoms with E-state index in [2.05, 4.69) is 15.5 Å². The van der Waals surface area contributed by atoms with Crippen LogP contribution in [-0.4, -0.2) is 50.3 Å². The van der Waals surface area contributed by atoms with Gasteiger partial charge in [0, 0.05) is 13.1 Å². The van der Waals surface area contributed by atoms with Gasteiger partial charge in [0.1, 0.15) is 11.4 Å². The van der Waals surface area contributed by atoms with Gasteiger partial charge in [0.2, 0.25) is 0 Å². The van der Waals surface area contributed by atoms with Crippen LogP contribution in [0.3, 0.4) is 0 Å². The van der Waals surface area contributed by atoms with E-state index in [0.717, 1.165) is 13.0 Å². The summed E-state index contributed by atoms with van der Waals surface area (Å²) >= 11 is 0. The van der Waals surface area contributed by atoms with Crippen molar-refractivity contribution in [1.29, 1.82) is 0 Å². The monoisotopic (exact) mass is 241 g/mol. The highest BCUT2D eigenvalue weighted by Crippen LogP contribution is 2.13. The molecular formula is C11H19N3O3. The minimum Gasteiger partial charge on any atom is -0.395 e. The van der Waals surface area contributed by atoms with Crippen LogP contribution >= 0.6 is 0 Å². The Balaban J connectivity index is 2.45. The maximum atomic E-state index is 11.3. The number of aliphatic hydroxyl groups excluding tert-OH is 1. The van der Waals surface area contributed by atoms with E-state index in [1.165, 1.54) is 0 Å². The second-order valence-corrected chi connectivity index (χ2v) is 4.14. The molecule has 6 nitrogen and oxygen atoms in total. The topological polar surface area (TPSA) is 81.7 Å². The fourth-order valence-electron chi connectivity index (χ4n) is 1.52. The average molecular weight is 241 g/mol. The zero-order valence-electron chi connectivity index (χ0n) is 10.2. The van der Waals surface area contributed by atoms with E-state index in [0.29, 0.717) is 17.9 Å². The van der Waals surface area contributed by atoms with Crippen molar-refractivity contribution in [2.75, 3.05) is 51.0 Å². The highest BCUT2D eigenvalue weighted by atomic mass is 16.3. The number of aliphatic hydroxyl groups is 1. The number of nitrogens with one attached hydrogen (secondary N) is 2. The fraction of sp³-hybridized carbons (Fsp3) is 0.636. The van der Waals surface area contributed by atoms with Gasteiger partial charge >= 0.3 is 0 Å². The van der Waals surface area contributed by atoms with Crippen LogP contribution in [0.5, 0.6) is 0 Å². The lowest BCUT2D eigenvalue weighted by Gasteiger charge is -2.15. The summed E-state index contributed by atoms with van der Waals surface area (Å²) in [7, 11) is 3.96. The Morgan fingerprint density at radius 2 is 1.59 bits per heavy atom. The summed E-state index contributed by atoms with van der Waals surface area (Å²) in [6.45, 7) is 1.77. The number of rotatable bonds is 8. The van der Waals surface area contributed by atoms with Gasteiger partial charge in [0.05, 0.1) is 6.61 Å². The number of hydrogen-bond donors (Lipinski definition) is 3. The molecule has 0 aliphatic heterocycles. The summed E-state index contributed by atoms with van der Waals surface area (Å²) in [6.07, 6.45) is 0.894. The summed E-state index contributed by atoms with van der Waals surface area (Å²) in [4.78, 5) is 24.5. The zero-order valence-corrected chi connectivity index (χ0v) is 10.2. The van der Waals surface area contributed by atoms with Gasteiger partial charge in [-0.25, -0.2) is 0 Å². The molecule has 96 valence electrons. The van der Waals surface area contributed by atoms with Crippen molar-refractivity contribution in [2.45, 2.75) is 6.42 Å². The third kappa shape index (κ3) is 3.54. The lowest BCUT2D eigenvalue weighted by Crippen LogP contribution is -2.38. The predicted octanol–water partition coefficient (Wildman–Crippen LogP) is -0.950. The first-order chi connectivity index (χ1) is 8.07. The maximum absolute atomic E-state index is 11.3. The second kappa shape index (κ2) is 6.36. The van der Waals surface area contributed by atoms with Gasteiger partial charge in [0.15, 0.2) is 0 Å². The van der Waals surface area contributed by atoms with E-state index in [1.54, 1.807) is 0 Å². The summed E-state index contributed by atoms with van der Waals surface area (Å²) in [5.41, 5.74) is -0.333. The van der Waals surface area contributed by atoms with Crippen LogP contribution < -0.4 is 21.5 Å². The van der Waals surface area contributed by atoms with Gasteiger partial charge in [-0.05, 0) is 27.1 Å². The number of anilines is 2. The molecule has 0 aliphatic rings. The maximum Gasteiger partial charge on any atom is 0.253 e. The van der Waals surface area contributed by atoms with Crippen molar-refractivity contribution in [3.05, 3.63) is 20.4 Å². The van der Waals surface area contributed by atoms with E-state index in [-0.39, 0.29) is 13.2 Å². The summed E-state index contributed by atoms with van der Waals surface area (Å²) in [5, 5.41) is 14.3.